The molecule has 0 spiro atoms. The summed E-state index contributed by atoms with van der Waals surface area (Å²) in [5.74, 6) is 1.03. The molecule has 1 amide bonds. The molecular weight excluding hydrogens is 460 g/mol. The van der Waals surface area contributed by atoms with Gasteiger partial charge in [-0.05, 0) is 36.8 Å². The first-order valence-corrected chi connectivity index (χ1v) is 12.3. The average molecular weight is 491 g/mol. The van der Waals surface area contributed by atoms with Gasteiger partial charge in [0.05, 0.1) is 36.8 Å². The van der Waals surface area contributed by atoms with Crippen LogP contribution in [-0.2, 0) is 4.74 Å². The Morgan fingerprint density at radius 2 is 1.86 bits per heavy atom. The zero-order valence-corrected chi connectivity index (χ0v) is 20.4. The Labute approximate surface area is 209 Å². The molecule has 5 rings (SSSR count). The summed E-state index contributed by atoms with van der Waals surface area (Å²) in [5.41, 5.74) is 1.29. The number of morpholine rings is 1. The van der Waals surface area contributed by atoms with Crippen molar-refractivity contribution in [1.29, 1.82) is 0 Å². The number of hydrogen-bond donors (Lipinski definition) is 0. The van der Waals surface area contributed by atoms with Gasteiger partial charge in [-0.15, -0.1) is 0 Å². The van der Waals surface area contributed by atoms with Gasteiger partial charge in [-0.1, -0.05) is 24.8 Å². The van der Waals surface area contributed by atoms with E-state index in [-0.39, 0.29) is 17.1 Å². The predicted molar refractivity (Wildman–Crippen MR) is 136 cm³/mol. The Morgan fingerprint density at radius 1 is 1.06 bits per heavy atom. The molecule has 36 heavy (non-hydrogen) atoms. The second-order valence-electron chi connectivity index (χ2n) is 8.79. The van der Waals surface area contributed by atoms with E-state index in [1.54, 1.807) is 29.2 Å². The van der Waals surface area contributed by atoms with Crippen molar-refractivity contribution in [1.82, 2.24) is 9.80 Å². The SMILES string of the molecule is C=CCOc1cccc(C2c3c(oc4cc(OCC)ccc4c3=O)C(=O)N2CCN2CCOCC2)c1. The second kappa shape index (κ2) is 10.6. The van der Waals surface area contributed by atoms with Gasteiger partial charge >= 0.3 is 0 Å². The highest BCUT2D eigenvalue weighted by Crippen LogP contribution is 2.39. The number of carbonyl (C=O) groups excluding carboxylic acids is 1. The molecule has 2 aromatic carbocycles. The van der Waals surface area contributed by atoms with Gasteiger partial charge in [-0.2, -0.15) is 0 Å². The number of rotatable bonds is 9. The lowest BCUT2D eigenvalue weighted by Gasteiger charge is -2.31. The van der Waals surface area contributed by atoms with E-state index in [2.05, 4.69) is 11.5 Å². The third-order valence-corrected chi connectivity index (χ3v) is 6.55. The molecule has 0 radical (unpaired) electrons. The maximum atomic E-state index is 13.8. The minimum absolute atomic E-state index is 0.0885. The normalized spacial score (nSPS) is 17.9. The van der Waals surface area contributed by atoms with Gasteiger partial charge in [-0.3, -0.25) is 14.5 Å². The van der Waals surface area contributed by atoms with Crippen LogP contribution in [0.25, 0.3) is 11.0 Å². The summed E-state index contributed by atoms with van der Waals surface area (Å²) >= 11 is 0. The standard InChI is InChI=1S/C28H30N2O6/c1-3-14-35-20-7-5-6-19(17-20)25-24-26(31)22-9-8-21(34-4-2)18-23(22)36-27(24)28(32)30(25)11-10-29-12-15-33-16-13-29/h3,5-9,17-18,25H,1,4,10-16H2,2H3. The highest BCUT2D eigenvalue weighted by Gasteiger charge is 2.42. The van der Waals surface area contributed by atoms with Crippen molar-refractivity contribution >= 4 is 16.9 Å². The summed E-state index contributed by atoms with van der Waals surface area (Å²) in [6.45, 7) is 10.5. The van der Waals surface area contributed by atoms with Gasteiger partial charge in [0, 0.05) is 32.2 Å². The van der Waals surface area contributed by atoms with E-state index in [9.17, 15) is 9.59 Å². The molecule has 3 aromatic rings. The Hall–Kier alpha value is -3.62. The Kier molecular flexibility index (Phi) is 7.06. The number of ether oxygens (including phenoxy) is 3. The lowest BCUT2D eigenvalue weighted by molar-refractivity contribution is 0.0314. The molecule has 8 heteroatoms. The van der Waals surface area contributed by atoms with Crippen LogP contribution in [0.15, 0.2) is 64.3 Å². The molecule has 1 unspecified atom stereocenters. The van der Waals surface area contributed by atoms with E-state index in [0.717, 1.165) is 18.7 Å². The monoisotopic (exact) mass is 490 g/mol. The van der Waals surface area contributed by atoms with Crippen molar-refractivity contribution in [3.8, 4) is 11.5 Å². The van der Waals surface area contributed by atoms with E-state index in [1.807, 2.05) is 31.2 Å². The summed E-state index contributed by atoms with van der Waals surface area (Å²) in [4.78, 5) is 31.5. The zero-order valence-electron chi connectivity index (χ0n) is 20.4. The fraction of sp³-hybridized carbons (Fsp3) is 0.357. The van der Waals surface area contributed by atoms with Crippen LogP contribution in [-0.4, -0.2) is 68.3 Å². The first-order valence-electron chi connectivity index (χ1n) is 12.3. The van der Waals surface area contributed by atoms with Crippen LogP contribution >= 0.6 is 0 Å². The van der Waals surface area contributed by atoms with Crippen molar-refractivity contribution in [3.05, 3.63) is 82.2 Å². The molecule has 2 aliphatic heterocycles. The maximum absolute atomic E-state index is 13.8. The number of benzene rings is 2. The fourth-order valence-corrected chi connectivity index (χ4v) is 4.84. The third-order valence-electron chi connectivity index (χ3n) is 6.55. The van der Waals surface area contributed by atoms with Crippen molar-refractivity contribution < 1.29 is 23.4 Å². The lowest BCUT2D eigenvalue weighted by atomic mass is 9.98. The summed E-state index contributed by atoms with van der Waals surface area (Å²) in [6.07, 6.45) is 1.67. The molecule has 1 atom stereocenters. The van der Waals surface area contributed by atoms with Crippen LogP contribution in [0.5, 0.6) is 11.5 Å². The van der Waals surface area contributed by atoms with Gasteiger partial charge in [0.15, 0.2) is 5.43 Å². The first kappa shape index (κ1) is 24.1. The summed E-state index contributed by atoms with van der Waals surface area (Å²) in [7, 11) is 0. The number of carbonyl (C=O) groups is 1. The van der Waals surface area contributed by atoms with Crippen LogP contribution in [0, 0.1) is 0 Å². The van der Waals surface area contributed by atoms with Crippen LogP contribution < -0.4 is 14.9 Å². The third kappa shape index (κ3) is 4.62. The lowest BCUT2D eigenvalue weighted by Crippen LogP contribution is -2.42. The van der Waals surface area contributed by atoms with Crippen molar-refractivity contribution in [2.45, 2.75) is 13.0 Å². The van der Waals surface area contributed by atoms with Crippen LogP contribution in [0.3, 0.4) is 0 Å². The minimum atomic E-state index is -0.576. The second-order valence-corrected chi connectivity index (χ2v) is 8.79. The smallest absolute Gasteiger partial charge is 0.290 e. The van der Waals surface area contributed by atoms with Crippen molar-refractivity contribution in [2.75, 3.05) is 52.6 Å². The molecule has 1 aromatic heterocycles. The maximum Gasteiger partial charge on any atom is 0.290 e. The molecule has 0 saturated carbocycles. The van der Waals surface area contributed by atoms with E-state index in [4.69, 9.17) is 18.6 Å². The van der Waals surface area contributed by atoms with Gasteiger partial charge < -0.3 is 23.5 Å². The molecule has 8 nitrogen and oxygen atoms in total. The fourth-order valence-electron chi connectivity index (χ4n) is 4.84. The highest BCUT2D eigenvalue weighted by molar-refractivity contribution is 5.99. The minimum Gasteiger partial charge on any atom is -0.494 e. The summed E-state index contributed by atoms with van der Waals surface area (Å²) < 4.78 is 22.9. The molecule has 3 heterocycles. The van der Waals surface area contributed by atoms with Crippen LogP contribution in [0.2, 0.25) is 0 Å². The summed E-state index contributed by atoms with van der Waals surface area (Å²) in [6, 6.07) is 12.1. The molecule has 0 bridgehead atoms. The molecule has 1 saturated heterocycles. The van der Waals surface area contributed by atoms with E-state index in [0.29, 0.717) is 67.5 Å². The van der Waals surface area contributed by atoms with Gasteiger partial charge in [-0.25, -0.2) is 0 Å². The zero-order chi connectivity index (χ0) is 25.1. The predicted octanol–water partition coefficient (Wildman–Crippen LogP) is 3.63. The Morgan fingerprint density at radius 3 is 2.64 bits per heavy atom. The molecule has 2 aliphatic rings. The highest BCUT2D eigenvalue weighted by atomic mass is 16.5. The van der Waals surface area contributed by atoms with Crippen LogP contribution in [0.1, 0.15) is 34.6 Å². The number of fused-ring (bicyclic) bond motifs is 2. The summed E-state index contributed by atoms with van der Waals surface area (Å²) in [5, 5.41) is 0.420. The number of hydrogen-bond acceptors (Lipinski definition) is 7. The van der Waals surface area contributed by atoms with E-state index >= 15 is 0 Å². The van der Waals surface area contributed by atoms with Crippen LogP contribution in [0.4, 0.5) is 0 Å². The first-order chi connectivity index (χ1) is 17.6. The molecular formula is C28H30N2O6. The van der Waals surface area contributed by atoms with E-state index in [1.165, 1.54) is 0 Å². The van der Waals surface area contributed by atoms with Gasteiger partial charge in [0.25, 0.3) is 5.91 Å². The Balaban J connectivity index is 1.58. The molecule has 1 fully saturated rings. The Bertz CT molecular complexity index is 1330. The molecule has 0 aliphatic carbocycles. The largest absolute Gasteiger partial charge is 0.494 e. The quantitative estimate of drug-likeness (QED) is 0.424. The number of amides is 1. The number of nitrogens with zero attached hydrogens (tertiary/aromatic N) is 2. The van der Waals surface area contributed by atoms with Crippen molar-refractivity contribution in [3.63, 3.8) is 0 Å². The molecule has 0 N–H and O–H groups in total. The van der Waals surface area contributed by atoms with Crippen molar-refractivity contribution in [2.24, 2.45) is 0 Å². The van der Waals surface area contributed by atoms with E-state index < -0.39 is 6.04 Å². The molecule has 188 valence electrons. The van der Waals surface area contributed by atoms with Gasteiger partial charge in [0.2, 0.25) is 5.76 Å². The van der Waals surface area contributed by atoms with Gasteiger partial charge in [0.1, 0.15) is 23.7 Å². The topological polar surface area (TPSA) is 81.5 Å². The average Bonchev–Trinajstić information content (AvgIpc) is 3.18.